The largest absolute Gasteiger partial charge is 0.497 e. The molecule has 1 unspecified atom stereocenters. The first kappa shape index (κ1) is 17.0. The van der Waals surface area contributed by atoms with Crippen LogP contribution in [-0.2, 0) is 4.74 Å². The Bertz CT molecular complexity index is 371. The van der Waals surface area contributed by atoms with Crippen LogP contribution in [0.2, 0.25) is 0 Å². The molecule has 2 N–H and O–H groups in total. The summed E-state index contributed by atoms with van der Waals surface area (Å²) in [7, 11) is 1.69. The van der Waals surface area contributed by atoms with Gasteiger partial charge in [0.1, 0.15) is 5.75 Å². The zero-order valence-electron chi connectivity index (χ0n) is 13.1. The molecular formula is C16H30N2O2. The van der Waals surface area contributed by atoms with E-state index in [0.717, 1.165) is 32.0 Å². The Morgan fingerprint density at radius 1 is 1.50 bits per heavy atom. The molecule has 1 saturated heterocycles. The molecule has 4 nitrogen and oxygen atoms in total. The number of rotatable bonds is 5. The summed E-state index contributed by atoms with van der Waals surface area (Å²) < 4.78 is 10.9. The second-order valence-electron chi connectivity index (χ2n) is 4.60. The normalized spacial score (nSPS) is 19.7. The smallest absolute Gasteiger partial charge is 0.119 e. The number of methoxy groups -OCH3 is 1. The van der Waals surface area contributed by atoms with Crippen molar-refractivity contribution in [3.63, 3.8) is 0 Å². The van der Waals surface area contributed by atoms with Gasteiger partial charge in [0.15, 0.2) is 0 Å². The fraction of sp³-hybridized carbons (Fsp3) is 0.625. The van der Waals surface area contributed by atoms with Gasteiger partial charge in [0, 0.05) is 27.1 Å². The van der Waals surface area contributed by atoms with Crippen molar-refractivity contribution in [1.82, 2.24) is 10.6 Å². The van der Waals surface area contributed by atoms with Crippen LogP contribution in [0.25, 0.3) is 0 Å². The molecule has 0 spiro atoms. The molecule has 0 aliphatic carbocycles. The first-order valence-corrected chi connectivity index (χ1v) is 7.49. The Morgan fingerprint density at radius 2 is 2.30 bits per heavy atom. The van der Waals surface area contributed by atoms with Crippen molar-refractivity contribution in [1.29, 1.82) is 0 Å². The molecule has 1 heterocycles. The third-order valence-corrected chi connectivity index (χ3v) is 3.25. The molecule has 0 bridgehead atoms. The first-order valence-electron chi connectivity index (χ1n) is 7.49. The summed E-state index contributed by atoms with van der Waals surface area (Å²) >= 11 is 0. The molecule has 0 saturated carbocycles. The number of hydrogen-bond donors (Lipinski definition) is 2. The standard InChI is InChI=1S/C14H22N2O2.C2H6.H2/c1-11(12-4-3-5-13(8-12)17-2)16-10-14-9-15-6-7-18-14;1-2;/h3-5,8,11,14-16H,6-7,9-10H2,1-2H3;1-2H3;1H/t11-,14?;;/m1../s1. The molecule has 2 atom stereocenters. The molecule has 4 heteroatoms. The molecule has 1 aliphatic rings. The predicted molar refractivity (Wildman–Crippen MR) is 85.5 cm³/mol. The highest BCUT2D eigenvalue weighted by molar-refractivity contribution is 5.30. The summed E-state index contributed by atoms with van der Waals surface area (Å²) in [4.78, 5) is 0. The lowest BCUT2D eigenvalue weighted by Crippen LogP contribution is -2.44. The van der Waals surface area contributed by atoms with E-state index in [4.69, 9.17) is 9.47 Å². The Morgan fingerprint density at radius 3 is 2.95 bits per heavy atom. The van der Waals surface area contributed by atoms with E-state index >= 15 is 0 Å². The zero-order valence-corrected chi connectivity index (χ0v) is 13.1. The maximum Gasteiger partial charge on any atom is 0.119 e. The number of hydrogen-bond acceptors (Lipinski definition) is 4. The lowest BCUT2D eigenvalue weighted by atomic mass is 10.1. The molecule has 1 aromatic carbocycles. The van der Waals surface area contributed by atoms with Crippen molar-refractivity contribution in [2.45, 2.75) is 32.9 Å². The minimum absolute atomic E-state index is 0. The number of benzene rings is 1. The van der Waals surface area contributed by atoms with Crippen LogP contribution >= 0.6 is 0 Å². The van der Waals surface area contributed by atoms with Crippen LogP contribution in [0.4, 0.5) is 0 Å². The van der Waals surface area contributed by atoms with Crippen LogP contribution in [0, 0.1) is 0 Å². The Kier molecular flexibility index (Phi) is 8.26. The van der Waals surface area contributed by atoms with Crippen LogP contribution in [0.3, 0.4) is 0 Å². The van der Waals surface area contributed by atoms with Gasteiger partial charge in [0.25, 0.3) is 0 Å². The summed E-state index contributed by atoms with van der Waals surface area (Å²) in [5, 5.41) is 6.83. The lowest BCUT2D eigenvalue weighted by molar-refractivity contribution is 0.0278. The predicted octanol–water partition coefficient (Wildman–Crippen LogP) is 2.61. The van der Waals surface area contributed by atoms with Crippen molar-refractivity contribution in [3.05, 3.63) is 29.8 Å². The van der Waals surface area contributed by atoms with Gasteiger partial charge in [0.2, 0.25) is 0 Å². The third-order valence-electron chi connectivity index (χ3n) is 3.25. The minimum atomic E-state index is 0. The third kappa shape index (κ3) is 5.49. The van der Waals surface area contributed by atoms with Gasteiger partial charge >= 0.3 is 0 Å². The number of morpholine rings is 1. The lowest BCUT2D eigenvalue weighted by Gasteiger charge is -2.25. The number of nitrogens with one attached hydrogen (secondary N) is 2. The van der Waals surface area contributed by atoms with Gasteiger partial charge < -0.3 is 20.1 Å². The Labute approximate surface area is 124 Å². The van der Waals surface area contributed by atoms with E-state index < -0.39 is 0 Å². The van der Waals surface area contributed by atoms with Gasteiger partial charge in [-0.3, -0.25) is 0 Å². The van der Waals surface area contributed by atoms with E-state index in [1.54, 1.807) is 7.11 Å². The van der Waals surface area contributed by atoms with Crippen molar-refractivity contribution in [3.8, 4) is 5.75 Å². The zero-order chi connectivity index (χ0) is 14.8. The van der Waals surface area contributed by atoms with Gasteiger partial charge in [-0.1, -0.05) is 26.0 Å². The van der Waals surface area contributed by atoms with E-state index in [0.29, 0.717) is 6.04 Å². The first-order chi connectivity index (χ1) is 9.79. The maximum atomic E-state index is 5.66. The molecule has 1 aliphatic heterocycles. The van der Waals surface area contributed by atoms with E-state index in [-0.39, 0.29) is 7.53 Å². The fourth-order valence-electron chi connectivity index (χ4n) is 2.09. The van der Waals surface area contributed by atoms with Crippen molar-refractivity contribution < 1.29 is 10.9 Å². The molecule has 20 heavy (non-hydrogen) atoms. The molecule has 1 fully saturated rings. The summed E-state index contributed by atoms with van der Waals surface area (Å²) in [6.07, 6.45) is 0.270. The van der Waals surface area contributed by atoms with Crippen LogP contribution < -0.4 is 15.4 Å². The highest BCUT2D eigenvalue weighted by atomic mass is 16.5. The van der Waals surface area contributed by atoms with Crippen LogP contribution in [0.15, 0.2) is 24.3 Å². The summed E-state index contributed by atoms with van der Waals surface area (Å²) in [6.45, 7) is 9.72. The second kappa shape index (κ2) is 9.75. The average molecular weight is 282 g/mol. The van der Waals surface area contributed by atoms with Gasteiger partial charge in [-0.15, -0.1) is 0 Å². The SMILES string of the molecule is CC.COc1cccc([C@@H](C)NCC2CNCCO2)c1.[HH]. The summed E-state index contributed by atoms with van der Waals surface area (Å²) in [5.41, 5.74) is 1.23. The van der Waals surface area contributed by atoms with E-state index in [1.165, 1.54) is 5.56 Å². The molecule has 0 amide bonds. The molecule has 116 valence electrons. The van der Waals surface area contributed by atoms with Crippen molar-refractivity contribution in [2.24, 2.45) is 0 Å². The Hall–Kier alpha value is -1.10. The molecule has 2 rings (SSSR count). The average Bonchev–Trinajstić information content (AvgIpc) is 2.55. The van der Waals surface area contributed by atoms with Crippen molar-refractivity contribution in [2.75, 3.05) is 33.4 Å². The fourth-order valence-corrected chi connectivity index (χ4v) is 2.09. The molecule has 0 radical (unpaired) electrons. The maximum absolute atomic E-state index is 5.66. The van der Waals surface area contributed by atoms with Crippen LogP contribution in [0.5, 0.6) is 5.75 Å². The molecular weight excluding hydrogens is 252 g/mol. The van der Waals surface area contributed by atoms with Gasteiger partial charge in [0.05, 0.1) is 19.8 Å². The minimum Gasteiger partial charge on any atom is -0.497 e. The van der Waals surface area contributed by atoms with Crippen LogP contribution in [0.1, 0.15) is 33.8 Å². The highest BCUT2D eigenvalue weighted by Crippen LogP contribution is 2.18. The topological polar surface area (TPSA) is 42.5 Å². The van der Waals surface area contributed by atoms with Crippen LogP contribution in [-0.4, -0.2) is 39.5 Å². The van der Waals surface area contributed by atoms with Crippen molar-refractivity contribution >= 4 is 0 Å². The van der Waals surface area contributed by atoms with Gasteiger partial charge in [-0.25, -0.2) is 0 Å². The monoisotopic (exact) mass is 282 g/mol. The van der Waals surface area contributed by atoms with E-state index in [2.05, 4.69) is 29.7 Å². The summed E-state index contributed by atoms with van der Waals surface area (Å²) in [6, 6.07) is 8.46. The Balaban J connectivity index is 0.00000128. The quantitative estimate of drug-likeness (QED) is 0.871. The van der Waals surface area contributed by atoms with E-state index in [9.17, 15) is 0 Å². The number of ether oxygens (including phenoxy) is 2. The van der Waals surface area contributed by atoms with Gasteiger partial charge in [-0.2, -0.15) is 0 Å². The van der Waals surface area contributed by atoms with E-state index in [1.807, 2.05) is 26.0 Å². The molecule has 0 aromatic heterocycles. The second-order valence-corrected chi connectivity index (χ2v) is 4.60. The summed E-state index contributed by atoms with van der Waals surface area (Å²) in [5.74, 6) is 0.900. The molecule has 1 aromatic rings. The van der Waals surface area contributed by atoms with Gasteiger partial charge in [-0.05, 0) is 24.6 Å². The highest BCUT2D eigenvalue weighted by Gasteiger charge is 2.14.